The standard InChI is InChI=1S/C22H19ClN4O4/c1-2-31-16-8-6-15(7-9-16)25-21(28)17-12-24-27-19(13-4-3-5-14(23)10-13)11-18(22(29)30)26-20(17)27/h3-12,19,26H,2H2,1H3,(H,25,28)(H,29,30). The highest BCUT2D eigenvalue weighted by Crippen LogP contribution is 2.33. The normalized spacial score (nSPS) is 14.8. The molecule has 1 unspecified atom stereocenters. The van der Waals surface area contributed by atoms with Crippen LogP contribution in [0.15, 0.2) is 66.5 Å². The first-order valence-corrected chi connectivity index (χ1v) is 9.93. The van der Waals surface area contributed by atoms with Gasteiger partial charge in [0.25, 0.3) is 5.91 Å². The molecular formula is C22H19ClN4O4. The van der Waals surface area contributed by atoms with Gasteiger partial charge < -0.3 is 20.5 Å². The molecule has 1 atom stereocenters. The predicted molar refractivity (Wildman–Crippen MR) is 117 cm³/mol. The summed E-state index contributed by atoms with van der Waals surface area (Å²) < 4.78 is 6.96. The number of aliphatic carboxylic acids is 1. The number of aromatic nitrogens is 2. The zero-order valence-corrected chi connectivity index (χ0v) is 17.3. The Morgan fingerprint density at radius 2 is 2.03 bits per heavy atom. The van der Waals surface area contributed by atoms with Gasteiger partial charge in [-0.05, 0) is 55.0 Å². The number of nitrogens with zero attached hydrogens (tertiary/aromatic N) is 2. The quantitative estimate of drug-likeness (QED) is 0.533. The molecule has 0 fully saturated rings. The molecule has 2 heterocycles. The van der Waals surface area contributed by atoms with Gasteiger partial charge in [-0.25, -0.2) is 9.48 Å². The number of amides is 1. The van der Waals surface area contributed by atoms with Crippen molar-refractivity contribution < 1.29 is 19.4 Å². The maximum Gasteiger partial charge on any atom is 0.352 e. The maximum absolute atomic E-state index is 12.9. The number of carboxylic acids is 1. The van der Waals surface area contributed by atoms with Gasteiger partial charge in [0.05, 0.1) is 18.8 Å². The Labute approximate surface area is 183 Å². The average molecular weight is 439 g/mol. The van der Waals surface area contributed by atoms with Gasteiger partial charge in [-0.1, -0.05) is 23.7 Å². The minimum absolute atomic E-state index is 0.0481. The molecule has 3 aromatic rings. The van der Waals surface area contributed by atoms with E-state index in [9.17, 15) is 14.7 Å². The minimum atomic E-state index is -1.14. The van der Waals surface area contributed by atoms with Gasteiger partial charge in [0.15, 0.2) is 0 Å². The van der Waals surface area contributed by atoms with Gasteiger partial charge >= 0.3 is 5.97 Å². The van der Waals surface area contributed by atoms with Crippen LogP contribution in [-0.4, -0.2) is 33.4 Å². The van der Waals surface area contributed by atoms with E-state index in [0.29, 0.717) is 23.1 Å². The van der Waals surface area contributed by atoms with Crippen molar-refractivity contribution in [2.24, 2.45) is 0 Å². The largest absolute Gasteiger partial charge is 0.494 e. The lowest BCUT2D eigenvalue weighted by Crippen LogP contribution is -2.25. The monoisotopic (exact) mass is 438 g/mol. The van der Waals surface area contributed by atoms with Crippen LogP contribution in [0.2, 0.25) is 5.02 Å². The second-order valence-electron chi connectivity index (χ2n) is 6.77. The third kappa shape index (κ3) is 4.24. The molecular weight excluding hydrogens is 420 g/mol. The Kier molecular flexibility index (Phi) is 5.64. The molecule has 0 spiro atoms. The van der Waals surface area contributed by atoms with E-state index in [1.807, 2.05) is 13.0 Å². The van der Waals surface area contributed by atoms with Crippen molar-refractivity contribution in [1.82, 2.24) is 9.78 Å². The lowest BCUT2D eigenvalue weighted by Gasteiger charge is -2.24. The Morgan fingerprint density at radius 1 is 1.26 bits per heavy atom. The second kappa shape index (κ2) is 8.53. The van der Waals surface area contributed by atoms with Crippen LogP contribution in [0.4, 0.5) is 11.5 Å². The van der Waals surface area contributed by atoms with Gasteiger partial charge in [0.2, 0.25) is 0 Å². The zero-order chi connectivity index (χ0) is 22.0. The Bertz CT molecular complexity index is 1170. The Balaban J connectivity index is 1.65. The van der Waals surface area contributed by atoms with Gasteiger partial charge in [0, 0.05) is 10.7 Å². The van der Waals surface area contributed by atoms with E-state index in [2.05, 4.69) is 15.7 Å². The molecule has 158 valence electrons. The fourth-order valence-corrected chi connectivity index (χ4v) is 3.51. The van der Waals surface area contributed by atoms with Crippen molar-refractivity contribution in [2.45, 2.75) is 13.0 Å². The number of allylic oxidation sites excluding steroid dienone is 1. The highest BCUT2D eigenvalue weighted by Gasteiger charge is 2.29. The molecule has 31 heavy (non-hydrogen) atoms. The molecule has 1 aliphatic rings. The number of halogens is 1. The van der Waals surface area contributed by atoms with Crippen LogP contribution in [0.3, 0.4) is 0 Å². The van der Waals surface area contributed by atoms with Gasteiger partial charge in [-0.15, -0.1) is 0 Å². The molecule has 0 radical (unpaired) electrons. The number of benzene rings is 2. The number of carboxylic acid groups (broad SMARTS) is 1. The summed E-state index contributed by atoms with van der Waals surface area (Å²) >= 11 is 6.11. The fraction of sp³-hybridized carbons (Fsp3) is 0.136. The fourth-order valence-electron chi connectivity index (χ4n) is 3.31. The number of rotatable bonds is 6. The van der Waals surface area contributed by atoms with Crippen LogP contribution in [0.1, 0.15) is 28.9 Å². The Morgan fingerprint density at radius 3 is 2.71 bits per heavy atom. The van der Waals surface area contributed by atoms with E-state index >= 15 is 0 Å². The lowest BCUT2D eigenvalue weighted by atomic mass is 10.0. The highest BCUT2D eigenvalue weighted by molar-refractivity contribution is 6.30. The smallest absolute Gasteiger partial charge is 0.352 e. The SMILES string of the molecule is CCOc1ccc(NC(=O)c2cnn3c2NC(C(=O)O)=CC3c2cccc(Cl)c2)cc1. The third-order valence-electron chi connectivity index (χ3n) is 4.72. The van der Waals surface area contributed by atoms with E-state index in [1.165, 1.54) is 12.3 Å². The van der Waals surface area contributed by atoms with Crippen molar-refractivity contribution in [3.05, 3.63) is 82.7 Å². The van der Waals surface area contributed by atoms with E-state index in [1.54, 1.807) is 47.1 Å². The summed E-state index contributed by atoms with van der Waals surface area (Å²) in [5.74, 6) is -0.578. The highest BCUT2D eigenvalue weighted by atomic mass is 35.5. The number of hydrogen-bond acceptors (Lipinski definition) is 5. The van der Waals surface area contributed by atoms with Crippen molar-refractivity contribution in [3.63, 3.8) is 0 Å². The number of nitrogens with one attached hydrogen (secondary N) is 2. The van der Waals surface area contributed by atoms with Gasteiger partial charge in [-0.3, -0.25) is 4.79 Å². The van der Waals surface area contributed by atoms with E-state index < -0.39 is 17.9 Å². The van der Waals surface area contributed by atoms with Crippen molar-refractivity contribution in [3.8, 4) is 5.75 Å². The van der Waals surface area contributed by atoms with E-state index in [4.69, 9.17) is 16.3 Å². The van der Waals surface area contributed by atoms with Gasteiger partial charge in [0.1, 0.15) is 22.8 Å². The van der Waals surface area contributed by atoms with Gasteiger partial charge in [-0.2, -0.15) is 5.10 Å². The molecule has 8 nitrogen and oxygen atoms in total. The number of carbonyl (C=O) groups is 2. The summed E-state index contributed by atoms with van der Waals surface area (Å²) in [4.78, 5) is 24.6. The predicted octanol–water partition coefficient (Wildman–Crippen LogP) is 4.17. The van der Waals surface area contributed by atoms with Crippen LogP contribution in [0.25, 0.3) is 0 Å². The van der Waals surface area contributed by atoms with Crippen molar-refractivity contribution in [2.75, 3.05) is 17.2 Å². The van der Waals surface area contributed by atoms with Crippen LogP contribution in [0, 0.1) is 0 Å². The molecule has 2 aromatic carbocycles. The zero-order valence-electron chi connectivity index (χ0n) is 16.5. The summed E-state index contributed by atoms with van der Waals surface area (Å²) in [5, 5.41) is 20.0. The molecule has 0 bridgehead atoms. The molecule has 1 aromatic heterocycles. The second-order valence-corrected chi connectivity index (χ2v) is 7.21. The first kappa shape index (κ1) is 20.5. The average Bonchev–Trinajstić information content (AvgIpc) is 3.19. The van der Waals surface area contributed by atoms with E-state index in [0.717, 1.165) is 5.56 Å². The number of carbonyl (C=O) groups excluding carboxylic acids is 1. The minimum Gasteiger partial charge on any atom is -0.494 e. The molecule has 1 amide bonds. The summed E-state index contributed by atoms with van der Waals surface area (Å²) in [6.07, 6.45) is 2.94. The molecule has 0 aliphatic carbocycles. The van der Waals surface area contributed by atoms with Crippen molar-refractivity contribution in [1.29, 1.82) is 0 Å². The molecule has 4 rings (SSSR count). The Hall–Kier alpha value is -3.78. The van der Waals surface area contributed by atoms with Crippen LogP contribution < -0.4 is 15.4 Å². The van der Waals surface area contributed by atoms with E-state index in [-0.39, 0.29) is 17.1 Å². The maximum atomic E-state index is 12.9. The van der Waals surface area contributed by atoms with Crippen LogP contribution in [0.5, 0.6) is 5.75 Å². The molecule has 0 saturated carbocycles. The summed E-state index contributed by atoms with van der Waals surface area (Å²) in [7, 11) is 0. The van der Waals surface area contributed by atoms with Crippen LogP contribution in [-0.2, 0) is 4.79 Å². The topological polar surface area (TPSA) is 105 Å². The number of fused-ring (bicyclic) bond motifs is 1. The lowest BCUT2D eigenvalue weighted by molar-refractivity contribution is -0.132. The summed E-state index contributed by atoms with van der Waals surface area (Å²) in [5.41, 5.74) is 1.49. The number of anilines is 2. The molecule has 3 N–H and O–H groups in total. The third-order valence-corrected chi connectivity index (χ3v) is 4.96. The number of hydrogen-bond donors (Lipinski definition) is 3. The molecule has 1 aliphatic heterocycles. The molecule has 0 saturated heterocycles. The first-order valence-electron chi connectivity index (χ1n) is 9.55. The van der Waals surface area contributed by atoms with Crippen molar-refractivity contribution >= 4 is 35.0 Å². The summed E-state index contributed by atoms with van der Waals surface area (Å²) in [6, 6.07) is 13.5. The first-order chi connectivity index (χ1) is 15.0. The van der Waals surface area contributed by atoms with Crippen LogP contribution >= 0.6 is 11.6 Å². The molecule has 9 heteroatoms. The summed E-state index contributed by atoms with van der Waals surface area (Å²) in [6.45, 7) is 2.44. The number of ether oxygens (including phenoxy) is 1.